The molecular weight excluding hydrogens is 236 g/mol. The fourth-order valence-corrected chi connectivity index (χ4v) is 1.63. The Morgan fingerprint density at radius 2 is 1.83 bits per heavy atom. The predicted octanol–water partition coefficient (Wildman–Crippen LogP) is 1.97. The van der Waals surface area contributed by atoms with Crippen molar-refractivity contribution in [2.24, 2.45) is 5.92 Å². The molecule has 0 aromatic carbocycles. The molecule has 18 heavy (non-hydrogen) atoms. The van der Waals surface area contributed by atoms with E-state index in [9.17, 15) is 14.7 Å². The highest BCUT2D eigenvalue weighted by atomic mass is 16.5. The van der Waals surface area contributed by atoms with Crippen LogP contribution in [0.25, 0.3) is 0 Å². The van der Waals surface area contributed by atoms with Crippen molar-refractivity contribution in [3.8, 4) is 0 Å². The number of ether oxygens (including phenoxy) is 1. The molecule has 0 aliphatic heterocycles. The Hall–Kier alpha value is -1.10. The second-order valence-electron chi connectivity index (χ2n) is 4.52. The van der Waals surface area contributed by atoms with Crippen molar-refractivity contribution in [3.63, 3.8) is 0 Å². The van der Waals surface area contributed by atoms with Crippen molar-refractivity contribution in [2.75, 3.05) is 0 Å². The lowest BCUT2D eigenvalue weighted by molar-refractivity contribution is -0.148. The molecule has 0 aromatic rings. The van der Waals surface area contributed by atoms with Gasteiger partial charge < -0.3 is 14.9 Å². The quantitative estimate of drug-likeness (QED) is 0.619. The number of carbonyl (C=O) groups excluding carboxylic acids is 1. The first-order valence-corrected chi connectivity index (χ1v) is 6.52. The van der Waals surface area contributed by atoms with Crippen molar-refractivity contribution in [3.05, 3.63) is 0 Å². The maximum absolute atomic E-state index is 11.3. The summed E-state index contributed by atoms with van der Waals surface area (Å²) >= 11 is 0. The number of hydrogen-bond acceptors (Lipinski definition) is 4. The number of carboxylic acids is 1. The lowest BCUT2D eigenvalue weighted by Crippen LogP contribution is -2.27. The lowest BCUT2D eigenvalue weighted by atomic mass is 9.95. The smallest absolute Gasteiger partial charge is 0.309 e. The van der Waals surface area contributed by atoms with Gasteiger partial charge >= 0.3 is 11.9 Å². The van der Waals surface area contributed by atoms with E-state index >= 15 is 0 Å². The van der Waals surface area contributed by atoms with E-state index < -0.39 is 18.0 Å². The van der Waals surface area contributed by atoms with Crippen LogP contribution in [0.3, 0.4) is 0 Å². The number of aliphatic carboxylic acids is 1. The molecule has 106 valence electrons. The van der Waals surface area contributed by atoms with Gasteiger partial charge in [-0.05, 0) is 32.6 Å². The number of carboxylic acid groups (broad SMARTS) is 1. The first-order chi connectivity index (χ1) is 8.42. The standard InChI is InChI=1S/C13H24O5/c1-4-9(3)18-12(15)8-6-7-11(14)10(5-2)13(16)17/h9-11,14H,4-8H2,1-3H3,(H,16,17). The minimum atomic E-state index is -0.993. The fraction of sp³-hybridized carbons (Fsp3) is 0.846. The number of hydrogen-bond donors (Lipinski definition) is 2. The Morgan fingerprint density at radius 1 is 1.22 bits per heavy atom. The zero-order valence-electron chi connectivity index (χ0n) is 11.4. The van der Waals surface area contributed by atoms with Crippen molar-refractivity contribution >= 4 is 11.9 Å². The van der Waals surface area contributed by atoms with Crippen LogP contribution in [0, 0.1) is 5.92 Å². The summed E-state index contributed by atoms with van der Waals surface area (Å²) in [6.07, 6.45) is 1.13. The molecule has 0 radical (unpaired) electrons. The lowest BCUT2D eigenvalue weighted by Gasteiger charge is -2.17. The van der Waals surface area contributed by atoms with Crippen LogP contribution < -0.4 is 0 Å². The molecule has 0 saturated heterocycles. The molecule has 5 nitrogen and oxygen atoms in total. The average Bonchev–Trinajstić information content (AvgIpc) is 2.29. The normalized spacial score (nSPS) is 15.8. The minimum absolute atomic E-state index is 0.0927. The Balaban J connectivity index is 3.89. The fourth-order valence-electron chi connectivity index (χ4n) is 1.63. The summed E-state index contributed by atoms with van der Waals surface area (Å²) in [7, 11) is 0. The van der Waals surface area contributed by atoms with Crippen LogP contribution in [0.2, 0.25) is 0 Å². The predicted molar refractivity (Wildman–Crippen MR) is 67.1 cm³/mol. The van der Waals surface area contributed by atoms with Crippen molar-refractivity contribution < 1.29 is 24.5 Å². The van der Waals surface area contributed by atoms with Crippen LogP contribution in [0.4, 0.5) is 0 Å². The number of rotatable bonds is 9. The highest BCUT2D eigenvalue weighted by Gasteiger charge is 2.24. The van der Waals surface area contributed by atoms with E-state index in [1.165, 1.54) is 0 Å². The highest BCUT2D eigenvalue weighted by Crippen LogP contribution is 2.15. The van der Waals surface area contributed by atoms with Crippen molar-refractivity contribution in [2.45, 2.75) is 65.1 Å². The molecule has 0 spiro atoms. The monoisotopic (exact) mass is 260 g/mol. The number of aliphatic hydroxyl groups excluding tert-OH is 1. The van der Waals surface area contributed by atoms with Gasteiger partial charge in [0.05, 0.1) is 18.1 Å². The van der Waals surface area contributed by atoms with Crippen LogP contribution in [-0.4, -0.2) is 34.4 Å². The second kappa shape index (κ2) is 8.91. The van der Waals surface area contributed by atoms with E-state index in [1.807, 2.05) is 13.8 Å². The first-order valence-electron chi connectivity index (χ1n) is 6.52. The van der Waals surface area contributed by atoms with Crippen LogP contribution >= 0.6 is 0 Å². The van der Waals surface area contributed by atoms with Crippen LogP contribution in [0.15, 0.2) is 0 Å². The maximum atomic E-state index is 11.3. The number of aliphatic hydroxyl groups is 1. The molecule has 5 heteroatoms. The molecule has 0 aromatic heterocycles. The van der Waals surface area contributed by atoms with Crippen LogP contribution in [0.1, 0.15) is 52.9 Å². The summed E-state index contributed by atoms with van der Waals surface area (Å²) in [5.41, 5.74) is 0. The minimum Gasteiger partial charge on any atom is -0.481 e. The summed E-state index contributed by atoms with van der Waals surface area (Å²) in [4.78, 5) is 22.1. The molecule has 0 saturated carbocycles. The molecular formula is C13H24O5. The molecule has 0 bridgehead atoms. The Kier molecular flexibility index (Phi) is 8.37. The molecule has 3 unspecified atom stereocenters. The molecule has 0 amide bonds. The van der Waals surface area contributed by atoms with Gasteiger partial charge in [0.15, 0.2) is 0 Å². The molecule has 3 atom stereocenters. The van der Waals surface area contributed by atoms with E-state index in [0.29, 0.717) is 19.3 Å². The van der Waals surface area contributed by atoms with E-state index in [-0.39, 0.29) is 18.5 Å². The molecule has 0 fully saturated rings. The number of esters is 1. The topological polar surface area (TPSA) is 83.8 Å². The van der Waals surface area contributed by atoms with E-state index in [4.69, 9.17) is 9.84 Å². The summed E-state index contributed by atoms with van der Waals surface area (Å²) in [6.45, 7) is 5.48. The average molecular weight is 260 g/mol. The van der Waals surface area contributed by atoms with Gasteiger partial charge in [0.1, 0.15) is 0 Å². The third-order valence-corrected chi connectivity index (χ3v) is 3.01. The molecule has 0 aliphatic carbocycles. The summed E-state index contributed by atoms with van der Waals surface area (Å²) in [5, 5.41) is 18.5. The second-order valence-corrected chi connectivity index (χ2v) is 4.52. The van der Waals surface area contributed by atoms with Gasteiger partial charge in [0, 0.05) is 6.42 Å². The van der Waals surface area contributed by atoms with Gasteiger partial charge in [0.2, 0.25) is 0 Å². The van der Waals surface area contributed by atoms with Crippen LogP contribution in [-0.2, 0) is 14.3 Å². The SMILES string of the molecule is CCC(C)OC(=O)CCCC(O)C(CC)C(=O)O. The Morgan fingerprint density at radius 3 is 2.28 bits per heavy atom. The highest BCUT2D eigenvalue weighted by molar-refractivity contribution is 5.71. The summed E-state index contributed by atoms with van der Waals surface area (Å²) < 4.78 is 5.08. The third kappa shape index (κ3) is 6.59. The summed E-state index contributed by atoms with van der Waals surface area (Å²) in [6, 6.07) is 0. The van der Waals surface area contributed by atoms with E-state index in [1.54, 1.807) is 6.92 Å². The van der Waals surface area contributed by atoms with Gasteiger partial charge in [-0.25, -0.2) is 0 Å². The molecule has 2 N–H and O–H groups in total. The van der Waals surface area contributed by atoms with Gasteiger partial charge in [-0.15, -0.1) is 0 Å². The zero-order valence-corrected chi connectivity index (χ0v) is 11.4. The molecule has 0 heterocycles. The molecule has 0 rings (SSSR count). The number of carbonyl (C=O) groups is 2. The zero-order chi connectivity index (χ0) is 14.1. The van der Waals surface area contributed by atoms with Gasteiger partial charge in [-0.1, -0.05) is 13.8 Å². The van der Waals surface area contributed by atoms with Gasteiger partial charge in [-0.3, -0.25) is 9.59 Å². The largest absolute Gasteiger partial charge is 0.481 e. The maximum Gasteiger partial charge on any atom is 0.309 e. The third-order valence-electron chi connectivity index (χ3n) is 3.01. The van der Waals surface area contributed by atoms with Gasteiger partial charge in [-0.2, -0.15) is 0 Å². The van der Waals surface area contributed by atoms with Crippen LogP contribution in [0.5, 0.6) is 0 Å². The molecule has 0 aliphatic rings. The van der Waals surface area contributed by atoms with Crippen molar-refractivity contribution in [1.29, 1.82) is 0 Å². The van der Waals surface area contributed by atoms with Gasteiger partial charge in [0.25, 0.3) is 0 Å². The Labute approximate surface area is 108 Å². The van der Waals surface area contributed by atoms with Crippen molar-refractivity contribution in [1.82, 2.24) is 0 Å². The summed E-state index contributed by atoms with van der Waals surface area (Å²) in [5.74, 6) is -2.04. The first kappa shape index (κ1) is 16.9. The van der Waals surface area contributed by atoms with E-state index in [0.717, 1.165) is 6.42 Å². The Bertz CT molecular complexity index is 264. The van der Waals surface area contributed by atoms with E-state index in [2.05, 4.69) is 0 Å².